The first kappa shape index (κ1) is 15.0. The minimum absolute atomic E-state index is 0.0811. The van der Waals surface area contributed by atoms with Gasteiger partial charge in [0.25, 0.3) is 0 Å². The van der Waals surface area contributed by atoms with Crippen LogP contribution in [0, 0.1) is 17.8 Å². The van der Waals surface area contributed by atoms with Crippen molar-refractivity contribution in [3.05, 3.63) is 0 Å². The van der Waals surface area contributed by atoms with E-state index in [1.807, 2.05) is 0 Å². The smallest absolute Gasteiger partial charge is 0.0585 e. The summed E-state index contributed by atoms with van der Waals surface area (Å²) >= 11 is 0. The number of aliphatic hydroxyl groups is 1. The van der Waals surface area contributed by atoms with E-state index in [4.69, 9.17) is 0 Å². The molecule has 0 aromatic rings. The van der Waals surface area contributed by atoms with Gasteiger partial charge in [0.1, 0.15) is 0 Å². The van der Waals surface area contributed by atoms with Crippen molar-refractivity contribution >= 4 is 0 Å². The molecule has 1 saturated carbocycles. The van der Waals surface area contributed by atoms with Crippen molar-refractivity contribution in [1.29, 1.82) is 0 Å². The summed E-state index contributed by atoms with van der Waals surface area (Å²) in [5, 5.41) is 10.2. The van der Waals surface area contributed by atoms with Crippen LogP contribution in [0.2, 0.25) is 0 Å². The molecular formula is C15H31NO. The van der Waals surface area contributed by atoms with Crippen LogP contribution in [0.1, 0.15) is 52.9 Å². The molecule has 102 valence electrons. The van der Waals surface area contributed by atoms with Gasteiger partial charge in [0.2, 0.25) is 0 Å². The summed E-state index contributed by atoms with van der Waals surface area (Å²) in [4.78, 5) is 2.41. The normalized spacial score (nSPS) is 34.2. The lowest BCUT2D eigenvalue weighted by molar-refractivity contribution is 0.00147. The highest BCUT2D eigenvalue weighted by molar-refractivity contribution is 4.84. The summed E-state index contributed by atoms with van der Waals surface area (Å²) in [5.74, 6) is 1.85. The Morgan fingerprint density at radius 1 is 1.18 bits per heavy atom. The second kappa shape index (κ2) is 7.38. The molecule has 1 aliphatic carbocycles. The zero-order valence-corrected chi connectivity index (χ0v) is 12.2. The van der Waals surface area contributed by atoms with E-state index in [-0.39, 0.29) is 6.10 Å². The van der Waals surface area contributed by atoms with Crippen LogP contribution in [0.25, 0.3) is 0 Å². The highest BCUT2D eigenvalue weighted by Gasteiger charge is 2.33. The fourth-order valence-electron chi connectivity index (χ4n) is 3.26. The Kier molecular flexibility index (Phi) is 6.50. The first-order chi connectivity index (χ1) is 8.04. The van der Waals surface area contributed by atoms with Crippen LogP contribution in [0.4, 0.5) is 0 Å². The Hall–Kier alpha value is -0.0800. The Morgan fingerprint density at radius 2 is 1.88 bits per heavy atom. The average molecular weight is 241 g/mol. The predicted octanol–water partition coefficient (Wildman–Crippen LogP) is 3.15. The van der Waals surface area contributed by atoms with E-state index in [0.717, 1.165) is 13.0 Å². The van der Waals surface area contributed by atoms with Gasteiger partial charge in [-0.15, -0.1) is 0 Å². The topological polar surface area (TPSA) is 23.5 Å². The standard InChI is InChI=1S/C15H31NO/c1-5-6-7-8-16(4)11-14-13(3)9-12(2)10-15(14)17/h12-15,17H,5-11H2,1-4H3. The van der Waals surface area contributed by atoms with Gasteiger partial charge >= 0.3 is 0 Å². The first-order valence-corrected chi connectivity index (χ1v) is 7.41. The fraction of sp³-hybridized carbons (Fsp3) is 1.00. The zero-order chi connectivity index (χ0) is 12.8. The summed E-state index contributed by atoms with van der Waals surface area (Å²) in [6, 6.07) is 0. The zero-order valence-electron chi connectivity index (χ0n) is 12.2. The third-order valence-corrected chi connectivity index (χ3v) is 4.31. The van der Waals surface area contributed by atoms with Crippen LogP contribution in [-0.4, -0.2) is 36.2 Å². The van der Waals surface area contributed by atoms with E-state index in [0.29, 0.717) is 17.8 Å². The van der Waals surface area contributed by atoms with E-state index in [2.05, 4.69) is 32.7 Å². The molecule has 0 saturated heterocycles. The van der Waals surface area contributed by atoms with Crippen molar-refractivity contribution < 1.29 is 5.11 Å². The molecule has 1 rings (SSSR count). The first-order valence-electron chi connectivity index (χ1n) is 7.41. The molecule has 17 heavy (non-hydrogen) atoms. The van der Waals surface area contributed by atoms with Crippen molar-refractivity contribution in [1.82, 2.24) is 4.90 Å². The highest BCUT2D eigenvalue weighted by Crippen LogP contribution is 2.34. The number of aliphatic hydroxyl groups excluding tert-OH is 1. The molecule has 4 unspecified atom stereocenters. The molecule has 2 heteroatoms. The lowest BCUT2D eigenvalue weighted by atomic mass is 9.73. The summed E-state index contributed by atoms with van der Waals surface area (Å²) in [5.41, 5.74) is 0. The average Bonchev–Trinajstić information content (AvgIpc) is 2.24. The maximum atomic E-state index is 10.2. The Morgan fingerprint density at radius 3 is 2.47 bits per heavy atom. The Labute approximate surface area is 107 Å². The van der Waals surface area contributed by atoms with Gasteiger partial charge in [0, 0.05) is 12.5 Å². The van der Waals surface area contributed by atoms with E-state index in [9.17, 15) is 5.11 Å². The monoisotopic (exact) mass is 241 g/mol. The van der Waals surface area contributed by atoms with Gasteiger partial charge < -0.3 is 10.0 Å². The molecule has 0 amide bonds. The molecule has 0 radical (unpaired) electrons. The van der Waals surface area contributed by atoms with Crippen molar-refractivity contribution in [3.63, 3.8) is 0 Å². The molecule has 0 spiro atoms. The molecule has 0 aliphatic heterocycles. The molecule has 2 nitrogen and oxygen atoms in total. The second-order valence-corrected chi connectivity index (χ2v) is 6.25. The van der Waals surface area contributed by atoms with Crippen LogP contribution >= 0.6 is 0 Å². The Balaban J connectivity index is 2.33. The maximum Gasteiger partial charge on any atom is 0.0585 e. The van der Waals surface area contributed by atoms with Crippen molar-refractivity contribution in [2.45, 2.75) is 59.0 Å². The van der Waals surface area contributed by atoms with Crippen LogP contribution in [0.3, 0.4) is 0 Å². The number of hydrogen-bond acceptors (Lipinski definition) is 2. The summed E-state index contributed by atoms with van der Waals surface area (Å²) in [6.45, 7) is 9.07. The van der Waals surface area contributed by atoms with Crippen LogP contribution in [-0.2, 0) is 0 Å². The largest absolute Gasteiger partial charge is 0.393 e. The molecular weight excluding hydrogens is 210 g/mol. The number of hydrogen-bond donors (Lipinski definition) is 1. The molecule has 1 N–H and O–H groups in total. The van der Waals surface area contributed by atoms with Crippen LogP contribution in [0.15, 0.2) is 0 Å². The molecule has 0 heterocycles. The Bertz CT molecular complexity index is 195. The van der Waals surface area contributed by atoms with E-state index in [1.165, 1.54) is 32.2 Å². The third-order valence-electron chi connectivity index (χ3n) is 4.31. The summed E-state index contributed by atoms with van der Waals surface area (Å²) in [6.07, 6.45) is 6.10. The quantitative estimate of drug-likeness (QED) is 0.722. The molecule has 1 aliphatic rings. The van der Waals surface area contributed by atoms with Crippen LogP contribution in [0.5, 0.6) is 0 Å². The third kappa shape index (κ3) is 4.97. The van der Waals surface area contributed by atoms with Crippen molar-refractivity contribution in [2.75, 3.05) is 20.1 Å². The molecule has 0 aromatic heterocycles. The van der Waals surface area contributed by atoms with Crippen molar-refractivity contribution in [3.8, 4) is 0 Å². The van der Waals surface area contributed by atoms with E-state index < -0.39 is 0 Å². The maximum absolute atomic E-state index is 10.2. The number of nitrogens with zero attached hydrogens (tertiary/aromatic N) is 1. The molecule has 0 bridgehead atoms. The molecule has 1 fully saturated rings. The lowest BCUT2D eigenvalue weighted by Gasteiger charge is -2.39. The summed E-state index contributed by atoms with van der Waals surface area (Å²) in [7, 11) is 2.20. The number of rotatable bonds is 6. The van der Waals surface area contributed by atoms with Crippen LogP contribution < -0.4 is 0 Å². The van der Waals surface area contributed by atoms with Crippen molar-refractivity contribution in [2.24, 2.45) is 17.8 Å². The molecule has 0 aromatic carbocycles. The predicted molar refractivity (Wildman–Crippen MR) is 74.1 cm³/mol. The van der Waals surface area contributed by atoms with Gasteiger partial charge in [-0.05, 0) is 44.7 Å². The number of unbranched alkanes of at least 4 members (excludes halogenated alkanes) is 2. The fourth-order valence-corrected chi connectivity index (χ4v) is 3.26. The van der Waals surface area contributed by atoms with Gasteiger partial charge in [0.05, 0.1) is 6.10 Å². The molecule has 4 atom stereocenters. The van der Waals surface area contributed by atoms with Gasteiger partial charge in [-0.2, -0.15) is 0 Å². The van der Waals surface area contributed by atoms with E-state index in [1.54, 1.807) is 0 Å². The van der Waals surface area contributed by atoms with Gasteiger partial charge in [-0.1, -0.05) is 33.6 Å². The lowest BCUT2D eigenvalue weighted by Crippen LogP contribution is -2.41. The minimum atomic E-state index is -0.0811. The highest BCUT2D eigenvalue weighted by atomic mass is 16.3. The summed E-state index contributed by atoms with van der Waals surface area (Å²) < 4.78 is 0. The van der Waals surface area contributed by atoms with Gasteiger partial charge in [0.15, 0.2) is 0 Å². The van der Waals surface area contributed by atoms with E-state index >= 15 is 0 Å². The minimum Gasteiger partial charge on any atom is -0.393 e. The van der Waals surface area contributed by atoms with Gasteiger partial charge in [-0.25, -0.2) is 0 Å². The SMILES string of the molecule is CCCCCN(C)CC1C(C)CC(C)CC1O. The van der Waals surface area contributed by atoms with Gasteiger partial charge in [-0.3, -0.25) is 0 Å². The second-order valence-electron chi connectivity index (χ2n) is 6.25.